The Balaban J connectivity index is 1.82. The van der Waals surface area contributed by atoms with E-state index in [1.54, 1.807) is 30.3 Å². The van der Waals surface area contributed by atoms with Gasteiger partial charge in [-0.15, -0.1) is 0 Å². The third-order valence-electron chi connectivity index (χ3n) is 4.79. The summed E-state index contributed by atoms with van der Waals surface area (Å²) in [5.41, 5.74) is 2.29. The Kier molecular flexibility index (Phi) is 3.87. The van der Waals surface area contributed by atoms with Gasteiger partial charge in [0.1, 0.15) is 11.4 Å². The van der Waals surface area contributed by atoms with Crippen molar-refractivity contribution in [3.8, 4) is 5.75 Å². The monoisotopic (exact) mass is 336 g/mol. The quantitative estimate of drug-likeness (QED) is 0.714. The number of nitrogens with one attached hydrogen (secondary N) is 1. The third-order valence-corrected chi connectivity index (χ3v) is 4.79. The third kappa shape index (κ3) is 2.95. The predicted octanol–water partition coefficient (Wildman–Crippen LogP) is 3.66. The second-order valence-corrected chi connectivity index (χ2v) is 6.52. The van der Waals surface area contributed by atoms with E-state index in [0.717, 1.165) is 42.5 Å². The van der Waals surface area contributed by atoms with E-state index >= 15 is 0 Å². The number of hydrogen-bond acceptors (Lipinski definition) is 5. The molecule has 2 N–H and O–H groups in total. The first kappa shape index (κ1) is 15.6. The van der Waals surface area contributed by atoms with Gasteiger partial charge in [0.15, 0.2) is 0 Å². The lowest BCUT2D eigenvalue weighted by molar-refractivity contribution is 0.475. The van der Waals surface area contributed by atoms with Crippen molar-refractivity contribution in [2.24, 2.45) is 0 Å². The molecular formula is C19H20N4O2. The Hall–Kier alpha value is -2.89. The number of nitrogens with zero attached hydrogens (tertiary/aromatic N) is 3. The molecule has 0 unspecified atom stereocenters. The van der Waals surface area contributed by atoms with Crippen molar-refractivity contribution >= 4 is 22.7 Å². The van der Waals surface area contributed by atoms with Gasteiger partial charge in [0, 0.05) is 23.2 Å². The summed E-state index contributed by atoms with van der Waals surface area (Å²) in [6, 6.07) is 10.4. The van der Waals surface area contributed by atoms with Crippen LogP contribution in [0.5, 0.6) is 5.75 Å². The van der Waals surface area contributed by atoms with Gasteiger partial charge >= 0.3 is 0 Å². The lowest BCUT2D eigenvalue weighted by atomic mass is 10.2. The molecule has 0 radical (unpaired) electrons. The van der Waals surface area contributed by atoms with Crippen LogP contribution in [0.15, 0.2) is 41.2 Å². The van der Waals surface area contributed by atoms with Crippen LogP contribution in [0.25, 0.3) is 11.0 Å². The van der Waals surface area contributed by atoms with Crippen molar-refractivity contribution < 1.29 is 5.11 Å². The second kappa shape index (κ2) is 6.20. The van der Waals surface area contributed by atoms with Crippen LogP contribution in [0.4, 0.5) is 11.6 Å². The number of phenolic OH excluding ortho intramolecular Hbond substituents is 1. The van der Waals surface area contributed by atoms with Crippen LogP contribution in [0.1, 0.15) is 37.4 Å². The molecule has 1 aliphatic carbocycles. The first-order valence-corrected chi connectivity index (χ1v) is 8.58. The topological polar surface area (TPSA) is 80.0 Å². The number of aryl methyl sites for hydroxylation is 1. The molecule has 1 aromatic carbocycles. The highest BCUT2D eigenvalue weighted by atomic mass is 16.3. The van der Waals surface area contributed by atoms with E-state index < -0.39 is 0 Å². The van der Waals surface area contributed by atoms with Gasteiger partial charge in [-0.3, -0.25) is 9.36 Å². The molecular weight excluding hydrogens is 316 g/mol. The number of benzene rings is 1. The number of rotatable bonds is 3. The van der Waals surface area contributed by atoms with E-state index in [1.165, 1.54) is 0 Å². The average molecular weight is 336 g/mol. The highest BCUT2D eigenvalue weighted by Gasteiger charge is 2.21. The average Bonchev–Trinajstić information content (AvgIpc) is 3.11. The molecule has 1 aliphatic rings. The Morgan fingerprint density at radius 1 is 1.08 bits per heavy atom. The van der Waals surface area contributed by atoms with E-state index in [1.807, 2.05) is 17.6 Å². The minimum atomic E-state index is -0.00640. The number of pyridine rings is 1. The molecule has 2 aromatic heterocycles. The van der Waals surface area contributed by atoms with Crippen molar-refractivity contribution in [2.75, 3.05) is 5.32 Å². The van der Waals surface area contributed by atoms with E-state index in [-0.39, 0.29) is 17.4 Å². The normalized spacial score (nSPS) is 14.9. The van der Waals surface area contributed by atoms with Crippen LogP contribution >= 0.6 is 0 Å². The summed E-state index contributed by atoms with van der Waals surface area (Å²) in [5.74, 6) is 0.657. The van der Waals surface area contributed by atoms with E-state index in [2.05, 4.69) is 15.3 Å². The van der Waals surface area contributed by atoms with E-state index in [0.29, 0.717) is 11.6 Å². The number of anilines is 2. The largest absolute Gasteiger partial charge is 0.508 e. The van der Waals surface area contributed by atoms with Gasteiger partial charge in [0.05, 0.1) is 5.69 Å². The summed E-state index contributed by atoms with van der Waals surface area (Å²) in [6.45, 7) is 1.93. The van der Waals surface area contributed by atoms with Crippen molar-refractivity contribution in [1.29, 1.82) is 0 Å². The Bertz CT molecular complexity index is 973. The summed E-state index contributed by atoms with van der Waals surface area (Å²) < 4.78 is 1.83. The van der Waals surface area contributed by atoms with Crippen molar-refractivity contribution in [1.82, 2.24) is 14.5 Å². The van der Waals surface area contributed by atoms with Gasteiger partial charge in [-0.05, 0) is 50.1 Å². The first-order valence-electron chi connectivity index (χ1n) is 8.58. The zero-order chi connectivity index (χ0) is 17.4. The molecule has 2 heterocycles. The van der Waals surface area contributed by atoms with Crippen molar-refractivity contribution in [3.05, 3.63) is 52.4 Å². The molecule has 6 nitrogen and oxygen atoms in total. The molecule has 0 amide bonds. The number of fused-ring (bicyclic) bond motifs is 1. The smallest absolute Gasteiger partial charge is 0.252 e. The predicted molar refractivity (Wildman–Crippen MR) is 97.4 cm³/mol. The minimum Gasteiger partial charge on any atom is -0.508 e. The fourth-order valence-electron chi connectivity index (χ4n) is 3.53. The molecule has 1 saturated carbocycles. The fourth-order valence-corrected chi connectivity index (χ4v) is 3.53. The molecule has 4 rings (SSSR count). The summed E-state index contributed by atoms with van der Waals surface area (Å²) in [6.07, 6.45) is 4.33. The molecule has 25 heavy (non-hydrogen) atoms. The molecule has 6 heteroatoms. The fraction of sp³-hybridized carbons (Fsp3) is 0.316. The molecule has 1 fully saturated rings. The number of aromatic nitrogens is 3. The molecule has 3 aromatic rings. The van der Waals surface area contributed by atoms with Crippen LogP contribution in [0.3, 0.4) is 0 Å². The maximum absolute atomic E-state index is 12.5. The highest BCUT2D eigenvalue weighted by Crippen LogP contribution is 2.31. The van der Waals surface area contributed by atoms with Crippen LogP contribution in [0, 0.1) is 6.92 Å². The van der Waals surface area contributed by atoms with Gasteiger partial charge in [0.25, 0.3) is 5.56 Å². The minimum absolute atomic E-state index is 0.00640. The zero-order valence-corrected chi connectivity index (χ0v) is 14.1. The zero-order valence-electron chi connectivity index (χ0n) is 14.1. The molecule has 128 valence electrons. The first-order chi connectivity index (χ1) is 12.1. The van der Waals surface area contributed by atoms with Gasteiger partial charge in [0.2, 0.25) is 5.95 Å². The van der Waals surface area contributed by atoms with Crippen LogP contribution in [-0.2, 0) is 0 Å². The standard InChI is InChI=1S/C19H20N4O2/c1-12-16-10-11-17(25)23(14-4-2-3-5-14)18(16)22-19(20-12)21-13-6-8-15(24)9-7-13/h6-11,14,24H,2-5H2,1H3,(H,20,21,22). The highest BCUT2D eigenvalue weighted by molar-refractivity contribution is 5.79. The van der Waals surface area contributed by atoms with Gasteiger partial charge in [-0.1, -0.05) is 12.8 Å². The van der Waals surface area contributed by atoms with E-state index in [4.69, 9.17) is 0 Å². The van der Waals surface area contributed by atoms with E-state index in [9.17, 15) is 9.90 Å². The van der Waals surface area contributed by atoms with Crippen molar-refractivity contribution in [2.45, 2.75) is 38.6 Å². The lowest BCUT2D eigenvalue weighted by Crippen LogP contribution is -2.24. The molecule has 0 spiro atoms. The second-order valence-electron chi connectivity index (χ2n) is 6.52. The van der Waals surface area contributed by atoms with Crippen LogP contribution < -0.4 is 10.9 Å². The van der Waals surface area contributed by atoms with Gasteiger partial charge in [-0.25, -0.2) is 4.98 Å². The molecule has 0 aliphatic heterocycles. The maximum Gasteiger partial charge on any atom is 0.252 e. The Labute approximate surface area is 145 Å². The summed E-state index contributed by atoms with van der Waals surface area (Å²) in [7, 11) is 0. The number of hydrogen-bond donors (Lipinski definition) is 2. The number of aromatic hydroxyl groups is 1. The molecule has 0 atom stereocenters. The Morgan fingerprint density at radius 3 is 2.52 bits per heavy atom. The van der Waals surface area contributed by atoms with Crippen molar-refractivity contribution in [3.63, 3.8) is 0 Å². The maximum atomic E-state index is 12.5. The molecule has 0 saturated heterocycles. The number of phenols is 1. The summed E-state index contributed by atoms with van der Waals surface area (Å²) in [5, 5.41) is 13.5. The molecule has 0 bridgehead atoms. The Morgan fingerprint density at radius 2 is 1.80 bits per heavy atom. The van der Waals surface area contributed by atoms with Crippen LogP contribution in [-0.4, -0.2) is 19.6 Å². The summed E-state index contributed by atoms with van der Waals surface area (Å²) >= 11 is 0. The van der Waals surface area contributed by atoms with Crippen LogP contribution in [0.2, 0.25) is 0 Å². The van der Waals surface area contributed by atoms with Gasteiger partial charge in [-0.2, -0.15) is 4.98 Å². The lowest BCUT2D eigenvalue weighted by Gasteiger charge is -2.17. The SMILES string of the molecule is Cc1nc(Nc2ccc(O)cc2)nc2c1ccc(=O)n2C1CCCC1. The van der Waals surface area contributed by atoms with Gasteiger partial charge < -0.3 is 10.4 Å². The summed E-state index contributed by atoms with van der Waals surface area (Å²) in [4.78, 5) is 21.6.